The van der Waals surface area contributed by atoms with Crippen LogP contribution in [0.1, 0.15) is 45.4 Å². The van der Waals surface area contributed by atoms with Gasteiger partial charge in [0.15, 0.2) is 0 Å². The topological polar surface area (TPSA) is 84.6 Å². The van der Waals surface area contributed by atoms with Crippen molar-refractivity contribution in [2.75, 3.05) is 0 Å². The highest BCUT2D eigenvalue weighted by atomic mass is 32.1. The van der Waals surface area contributed by atoms with Crippen molar-refractivity contribution in [1.82, 2.24) is 5.43 Å². The molecule has 0 bridgehead atoms. The van der Waals surface area contributed by atoms with Gasteiger partial charge in [-0.1, -0.05) is 0 Å². The number of carbonyl (C=O) groups is 1. The summed E-state index contributed by atoms with van der Waals surface area (Å²) in [4.78, 5) is 24.4. The van der Waals surface area contributed by atoms with E-state index in [2.05, 4.69) is 10.5 Å². The molecular formula is C17H17N3O3S. The van der Waals surface area contributed by atoms with E-state index in [-0.39, 0.29) is 11.6 Å². The number of hydrogen-bond acceptors (Lipinski definition) is 5. The summed E-state index contributed by atoms with van der Waals surface area (Å²) in [5, 5.41) is 14.8. The van der Waals surface area contributed by atoms with Crippen LogP contribution in [-0.2, 0) is 12.8 Å². The second kappa shape index (κ2) is 6.92. The van der Waals surface area contributed by atoms with Crippen LogP contribution in [0.5, 0.6) is 0 Å². The van der Waals surface area contributed by atoms with Crippen LogP contribution in [0, 0.1) is 10.1 Å². The number of amides is 1. The highest BCUT2D eigenvalue weighted by Crippen LogP contribution is 2.29. The smallest absolute Gasteiger partial charge is 0.266 e. The monoisotopic (exact) mass is 343 g/mol. The SMILES string of the molecule is CC(=NNC(=O)c1cc2c(s1)CCCC2)c1ccc([N+](=O)[O-])cc1. The van der Waals surface area contributed by atoms with Gasteiger partial charge in [0.25, 0.3) is 11.6 Å². The van der Waals surface area contributed by atoms with Crippen molar-refractivity contribution in [2.45, 2.75) is 32.6 Å². The summed E-state index contributed by atoms with van der Waals surface area (Å²) in [5.41, 5.74) is 5.21. The number of hydrazone groups is 1. The predicted octanol–water partition coefficient (Wildman–Crippen LogP) is 3.69. The van der Waals surface area contributed by atoms with Crippen LogP contribution in [0.4, 0.5) is 5.69 Å². The minimum absolute atomic E-state index is 0.0275. The third-order valence-corrected chi connectivity index (χ3v) is 5.28. The largest absolute Gasteiger partial charge is 0.281 e. The molecule has 0 radical (unpaired) electrons. The van der Waals surface area contributed by atoms with Crippen molar-refractivity contribution in [3.63, 3.8) is 0 Å². The summed E-state index contributed by atoms with van der Waals surface area (Å²) in [6.45, 7) is 1.75. The molecule has 124 valence electrons. The zero-order chi connectivity index (χ0) is 17.1. The summed E-state index contributed by atoms with van der Waals surface area (Å²) in [6.07, 6.45) is 4.47. The molecule has 1 heterocycles. The summed E-state index contributed by atoms with van der Waals surface area (Å²) >= 11 is 1.54. The molecule has 0 atom stereocenters. The second-order valence-electron chi connectivity index (χ2n) is 5.71. The van der Waals surface area contributed by atoms with E-state index in [1.807, 2.05) is 6.07 Å². The van der Waals surface area contributed by atoms with E-state index in [0.717, 1.165) is 18.4 Å². The number of nitrogens with one attached hydrogen (secondary N) is 1. The number of thiophene rings is 1. The van der Waals surface area contributed by atoms with Gasteiger partial charge in [0.1, 0.15) is 0 Å². The fourth-order valence-corrected chi connectivity index (χ4v) is 3.82. The maximum atomic E-state index is 12.2. The summed E-state index contributed by atoms with van der Waals surface area (Å²) < 4.78 is 0. The van der Waals surface area contributed by atoms with Gasteiger partial charge < -0.3 is 0 Å². The van der Waals surface area contributed by atoms with Crippen molar-refractivity contribution in [3.8, 4) is 0 Å². The van der Waals surface area contributed by atoms with Crippen molar-refractivity contribution < 1.29 is 9.72 Å². The number of benzene rings is 1. The Kier molecular flexibility index (Phi) is 4.71. The second-order valence-corrected chi connectivity index (χ2v) is 6.85. The standard InChI is InChI=1S/C17H17N3O3S/c1-11(12-6-8-14(9-7-12)20(22)23)18-19-17(21)16-10-13-4-2-3-5-15(13)24-16/h6-10H,2-5H2,1H3,(H,19,21). The zero-order valence-electron chi connectivity index (χ0n) is 13.2. The van der Waals surface area contributed by atoms with Crippen LogP contribution < -0.4 is 5.43 Å². The summed E-state index contributed by atoms with van der Waals surface area (Å²) in [7, 11) is 0. The van der Waals surface area contributed by atoms with Gasteiger partial charge in [-0.25, -0.2) is 5.43 Å². The fraction of sp³-hybridized carbons (Fsp3) is 0.294. The molecule has 1 aliphatic carbocycles. The Labute approximate surface area is 143 Å². The Morgan fingerprint density at radius 3 is 2.62 bits per heavy atom. The molecule has 0 spiro atoms. The molecular weight excluding hydrogens is 326 g/mol. The number of hydrogen-bond donors (Lipinski definition) is 1. The van der Waals surface area contributed by atoms with E-state index in [1.165, 1.54) is 46.8 Å². The van der Waals surface area contributed by atoms with E-state index >= 15 is 0 Å². The van der Waals surface area contributed by atoms with Crippen LogP contribution in [0.2, 0.25) is 0 Å². The van der Waals surface area contributed by atoms with Crippen molar-refractivity contribution >= 4 is 28.6 Å². The zero-order valence-corrected chi connectivity index (χ0v) is 14.1. The van der Waals surface area contributed by atoms with Gasteiger partial charge in [0.2, 0.25) is 0 Å². The lowest BCUT2D eigenvalue weighted by Gasteiger charge is -2.08. The number of aryl methyl sites for hydroxylation is 2. The van der Waals surface area contributed by atoms with Gasteiger partial charge in [-0.2, -0.15) is 5.10 Å². The number of nitro benzene ring substituents is 1. The van der Waals surface area contributed by atoms with Crippen LogP contribution in [0.3, 0.4) is 0 Å². The first kappa shape index (κ1) is 16.3. The quantitative estimate of drug-likeness (QED) is 0.522. The summed E-state index contributed by atoms with van der Waals surface area (Å²) in [5.74, 6) is -0.212. The Bertz CT molecular complexity index is 785. The number of nitro groups is 1. The molecule has 0 fully saturated rings. The lowest BCUT2D eigenvalue weighted by molar-refractivity contribution is -0.384. The fourth-order valence-electron chi connectivity index (χ4n) is 2.68. The van der Waals surface area contributed by atoms with Crippen LogP contribution in [0.25, 0.3) is 0 Å². The van der Waals surface area contributed by atoms with E-state index in [1.54, 1.807) is 19.1 Å². The van der Waals surface area contributed by atoms with E-state index in [4.69, 9.17) is 0 Å². The van der Waals surface area contributed by atoms with E-state index in [0.29, 0.717) is 10.6 Å². The number of rotatable bonds is 4. The van der Waals surface area contributed by atoms with Crippen molar-refractivity contribution in [1.29, 1.82) is 0 Å². The highest BCUT2D eigenvalue weighted by Gasteiger charge is 2.17. The third-order valence-electron chi connectivity index (χ3n) is 4.04. The lowest BCUT2D eigenvalue weighted by Crippen LogP contribution is -2.18. The van der Waals surface area contributed by atoms with E-state index in [9.17, 15) is 14.9 Å². The Balaban J connectivity index is 1.68. The molecule has 0 saturated heterocycles. The van der Waals surface area contributed by atoms with Crippen molar-refractivity contribution in [2.24, 2.45) is 5.10 Å². The normalized spacial score (nSPS) is 14.1. The van der Waals surface area contributed by atoms with Gasteiger partial charge in [0.05, 0.1) is 15.5 Å². The average molecular weight is 343 g/mol. The first-order chi connectivity index (χ1) is 11.5. The highest BCUT2D eigenvalue weighted by molar-refractivity contribution is 7.14. The summed E-state index contributed by atoms with van der Waals surface area (Å²) in [6, 6.07) is 8.04. The number of carbonyl (C=O) groups excluding carboxylic acids is 1. The van der Waals surface area contributed by atoms with Crippen LogP contribution >= 0.6 is 11.3 Å². The molecule has 1 aliphatic rings. The van der Waals surface area contributed by atoms with Gasteiger partial charge in [-0.05, 0) is 61.9 Å². The first-order valence-corrected chi connectivity index (χ1v) is 8.57. The molecule has 6 nitrogen and oxygen atoms in total. The third kappa shape index (κ3) is 3.51. The maximum Gasteiger partial charge on any atom is 0.281 e. The number of non-ortho nitro benzene ring substituents is 1. The Morgan fingerprint density at radius 2 is 1.96 bits per heavy atom. The van der Waals surface area contributed by atoms with Crippen LogP contribution in [-0.4, -0.2) is 16.5 Å². The van der Waals surface area contributed by atoms with Gasteiger partial charge >= 0.3 is 0 Å². The molecule has 1 aromatic carbocycles. The van der Waals surface area contributed by atoms with E-state index < -0.39 is 4.92 Å². The Morgan fingerprint density at radius 1 is 1.25 bits per heavy atom. The number of fused-ring (bicyclic) bond motifs is 1. The predicted molar refractivity (Wildman–Crippen MR) is 93.7 cm³/mol. The van der Waals surface area contributed by atoms with Gasteiger partial charge in [-0.3, -0.25) is 14.9 Å². The van der Waals surface area contributed by atoms with Gasteiger partial charge in [-0.15, -0.1) is 11.3 Å². The van der Waals surface area contributed by atoms with Crippen molar-refractivity contribution in [3.05, 3.63) is 61.3 Å². The maximum absolute atomic E-state index is 12.2. The minimum Gasteiger partial charge on any atom is -0.266 e. The van der Waals surface area contributed by atoms with Crippen LogP contribution in [0.15, 0.2) is 35.4 Å². The first-order valence-electron chi connectivity index (χ1n) is 7.75. The molecule has 1 N–H and O–H groups in total. The molecule has 0 saturated carbocycles. The van der Waals surface area contributed by atoms with Gasteiger partial charge in [0, 0.05) is 17.0 Å². The minimum atomic E-state index is -0.448. The molecule has 7 heteroatoms. The average Bonchev–Trinajstić information content (AvgIpc) is 3.03. The molecule has 24 heavy (non-hydrogen) atoms. The molecule has 0 aliphatic heterocycles. The number of nitrogens with zero attached hydrogens (tertiary/aromatic N) is 2. The molecule has 2 aromatic rings. The molecule has 3 rings (SSSR count). The molecule has 1 aromatic heterocycles. The molecule has 0 unspecified atom stereocenters. The molecule has 1 amide bonds. The Hall–Kier alpha value is -2.54. The lowest BCUT2D eigenvalue weighted by atomic mass is 9.99.